The van der Waals surface area contributed by atoms with Gasteiger partial charge in [0, 0.05) is 12.8 Å². The number of alkyl halides is 1. The molecule has 0 aliphatic rings. The minimum absolute atomic E-state index is 0.131. The third kappa shape index (κ3) is 4.14. The molecule has 0 fully saturated rings. The van der Waals surface area contributed by atoms with Crippen LogP contribution in [0, 0.1) is 0 Å². The van der Waals surface area contributed by atoms with Crippen LogP contribution in [0.1, 0.15) is 55.2 Å². The number of nitrogens with zero attached hydrogens (tertiary/aromatic N) is 2. The Balaban J connectivity index is 3.04. The predicted octanol–water partition coefficient (Wildman–Crippen LogP) is 2.88. The van der Waals surface area contributed by atoms with E-state index in [1.165, 1.54) is 6.20 Å². The van der Waals surface area contributed by atoms with Crippen molar-refractivity contribution in [3.8, 4) is 0 Å². The van der Waals surface area contributed by atoms with E-state index < -0.39 is 5.97 Å². The van der Waals surface area contributed by atoms with Crippen LogP contribution in [0.2, 0.25) is 0 Å². The Labute approximate surface area is 118 Å². The molecule has 0 saturated heterocycles. The molecule has 0 aliphatic carbocycles. The van der Waals surface area contributed by atoms with Crippen LogP contribution in [-0.2, 0) is 15.4 Å². The van der Waals surface area contributed by atoms with Crippen LogP contribution < -0.4 is 0 Å². The van der Waals surface area contributed by atoms with Crippen molar-refractivity contribution in [2.24, 2.45) is 0 Å². The second kappa shape index (κ2) is 8.07. The first-order valence-corrected chi connectivity index (χ1v) is 6.91. The van der Waals surface area contributed by atoms with Gasteiger partial charge in [-0.25, -0.2) is 14.8 Å². The zero-order valence-electron chi connectivity index (χ0n) is 11.5. The minimum Gasteiger partial charge on any atom is -0.462 e. The lowest BCUT2D eigenvalue weighted by Gasteiger charge is -2.15. The average molecular weight is 287 g/mol. The predicted molar refractivity (Wildman–Crippen MR) is 72.2 cm³/mol. The van der Waals surface area contributed by atoms with Crippen molar-refractivity contribution in [2.75, 3.05) is 13.2 Å². The van der Waals surface area contributed by atoms with Crippen molar-refractivity contribution in [3.05, 3.63) is 23.3 Å². The summed E-state index contributed by atoms with van der Waals surface area (Å²) in [6.45, 7) is 6.54. The Bertz CT molecular complexity index is 426. The van der Waals surface area contributed by atoms with Gasteiger partial charge in [0.05, 0.1) is 18.2 Å². The monoisotopic (exact) mass is 286 g/mol. The average Bonchev–Trinajstić information content (AvgIpc) is 2.44. The first kappa shape index (κ1) is 15.9. The summed E-state index contributed by atoms with van der Waals surface area (Å²) in [5.41, 5.74) is 0.787. The van der Waals surface area contributed by atoms with Crippen LogP contribution in [0.5, 0.6) is 0 Å². The summed E-state index contributed by atoms with van der Waals surface area (Å²) in [5.74, 6) is 0.230. The lowest BCUT2D eigenvalue weighted by molar-refractivity contribution is 0.0505. The number of carbonyl (C=O) groups is 1. The second-order valence-corrected chi connectivity index (χ2v) is 4.06. The van der Waals surface area contributed by atoms with Gasteiger partial charge in [0.1, 0.15) is 11.7 Å². The first-order chi connectivity index (χ1) is 9.17. The van der Waals surface area contributed by atoms with E-state index in [9.17, 15) is 4.79 Å². The van der Waals surface area contributed by atoms with E-state index in [2.05, 4.69) is 9.97 Å². The third-order valence-electron chi connectivity index (χ3n) is 2.53. The summed E-state index contributed by atoms with van der Waals surface area (Å²) >= 11 is 5.83. The number of esters is 1. The molecular weight excluding hydrogens is 268 g/mol. The molecule has 5 nitrogen and oxygen atoms in total. The number of carbonyl (C=O) groups excluding carboxylic acids is 1. The summed E-state index contributed by atoms with van der Waals surface area (Å²) < 4.78 is 10.5. The van der Waals surface area contributed by atoms with E-state index in [1.54, 1.807) is 6.92 Å². The summed E-state index contributed by atoms with van der Waals surface area (Å²) in [6.07, 6.45) is 2.04. The molecule has 0 aliphatic heterocycles. The topological polar surface area (TPSA) is 61.3 Å². The fourth-order valence-electron chi connectivity index (χ4n) is 1.65. The summed E-state index contributed by atoms with van der Waals surface area (Å²) in [6, 6.07) is 0. The Morgan fingerprint density at radius 3 is 2.63 bits per heavy atom. The molecule has 0 bridgehead atoms. The summed E-state index contributed by atoms with van der Waals surface area (Å²) in [4.78, 5) is 20.2. The molecule has 1 aromatic heterocycles. The van der Waals surface area contributed by atoms with Gasteiger partial charge in [-0.2, -0.15) is 0 Å². The molecule has 0 radical (unpaired) electrons. The van der Waals surface area contributed by atoms with Gasteiger partial charge in [0.2, 0.25) is 0 Å². The lowest BCUT2D eigenvalue weighted by atomic mass is 10.2. The molecule has 0 spiro atoms. The minimum atomic E-state index is -0.450. The Hall–Kier alpha value is -1.20. The second-order valence-electron chi connectivity index (χ2n) is 3.79. The molecule has 0 N–H and O–H groups in total. The van der Waals surface area contributed by atoms with Gasteiger partial charge in [-0.1, -0.05) is 6.92 Å². The van der Waals surface area contributed by atoms with Crippen LogP contribution in [0.3, 0.4) is 0 Å². The fraction of sp³-hybridized carbons (Fsp3) is 0.615. The standard InChI is InChI=1S/C13H19ClN2O3/c1-4-11(18-5-2)12-15-8-9(10(7-14)16-12)13(17)19-6-3/h8,11H,4-7H2,1-3H3. The van der Waals surface area contributed by atoms with Crippen molar-refractivity contribution in [3.63, 3.8) is 0 Å². The number of hydrogen-bond donors (Lipinski definition) is 0. The Morgan fingerprint density at radius 2 is 2.11 bits per heavy atom. The van der Waals surface area contributed by atoms with Crippen molar-refractivity contribution < 1.29 is 14.3 Å². The van der Waals surface area contributed by atoms with Crippen LogP contribution in [0.25, 0.3) is 0 Å². The molecular formula is C13H19ClN2O3. The van der Waals surface area contributed by atoms with Crippen molar-refractivity contribution in [1.82, 2.24) is 9.97 Å². The molecule has 1 heterocycles. The number of aromatic nitrogens is 2. The van der Waals surface area contributed by atoms with E-state index >= 15 is 0 Å². The zero-order valence-corrected chi connectivity index (χ0v) is 12.2. The Morgan fingerprint density at radius 1 is 1.37 bits per heavy atom. The van der Waals surface area contributed by atoms with E-state index in [0.717, 1.165) is 6.42 Å². The van der Waals surface area contributed by atoms with Crippen molar-refractivity contribution in [2.45, 2.75) is 39.2 Å². The SMILES string of the molecule is CCOC(=O)c1cnc(C(CC)OCC)nc1CCl. The summed E-state index contributed by atoms with van der Waals surface area (Å²) in [5, 5.41) is 0. The van der Waals surface area contributed by atoms with E-state index in [-0.39, 0.29) is 12.0 Å². The van der Waals surface area contributed by atoms with E-state index in [4.69, 9.17) is 21.1 Å². The maximum absolute atomic E-state index is 11.7. The molecule has 106 valence electrons. The van der Waals surface area contributed by atoms with Gasteiger partial charge in [0.15, 0.2) is 5.82 Å². The van der Waals surface area contributed by atoms with Crippen LogP contribution >= 0.6 is 11.6 Å². The van der Waals surface area contributed by atoms with E-state index in [0.29, 0.717) is 30.3 Å². The molecule has 1 unspecified atom stereocenters. The molecule has 1 aromatic rings. The third-order valence-corrected chi connectivity index (χ3v) is 2.79. The van der Waals surface area contributed by atoms with Crippen LogP contribution in [0.15, 0.2) is 6.20 Å². The summed E-state index contributed by atoms with van der Waals surface area (Å²) in [7, 11) is 0. The molecule has 1 atom stereocenters. The number of halogens is 1. The maximum Gasteiger partial charge on any atom is 0.341 e. The van der Waals surface area contributed by atoms with Gasteiger partial charge >= 0.3 is 5.97 Å². The molecule has 0 saturated carbocycles. The molecule has 19 heavy (non-hydrogen) atoms. The number of ether oxygens (including phenoxy) is 2. The lowest BCUT2D eigenvalue weighted by Crippen LogP contribution is -2.14. The fourth-order valence-corrected chi connectivity index (χ4v) is 1.85. The van der Waals surface area contributed by atoms with Crippen molar-refractivity contribution in [1.29, 1.82) is 0 Å². The van der Waals surface area contributed by atoms with Crippen LogP contribution in [0.4, 0.5) is 0 Å². The van der Waals surface area contributed by atoms with Gasteiger partial charge in [-0.3, -0.25) is 0 Å². The molecule has 1 rings (SSSR count). The highest BCUT2D eigenvalue weighted by Crippen LogP contribution is 2.19. The zero-order chi connectivity index (χ0) is 14.3. The number of rotatable bonds is 7. The number of hydrogen-bond acceptors (Lipinski definition) is 5. The largest absolute Gasteiger partial charge is 0.462 e. The molecule has 0 aromatic carbocycles. The van der Waals surface area contributed by atoms with Gasteiger partial charge < -0.3 is 9.47 Å². The van der Waals surface area contributed by atoms with Crippen molar-refractivity contribution >= 4 is 17.6 Å². The molecule has 0 amide bonds. The van der Waals surface area contributed by atoms with Gasteiger partial charge in [-0.05, 0) is 20.3 Å². The normalized spacial score (nSPS) is 12.2. The Kier molecular flexibility index (Phi) is 6.73. The van der Waals surface area contributed by atoms with Gasteiger partial charge in [-0.15, -0.1) is 11.6 Å². The smallest absolute Gasteiger partial charge is 0.341 e. The quantitative estimate of drug-likeness (QED) is 0.570. The van der Waals surface area contributed by atoms with Crippen LogP contribution in [-0.4, -0.2) is 29.2 Å². The maximum atomic E-state index is 11.7. The van der Waals surface area contributed by atoms with Gasteiger partial charge in [0.25, 0.3) is 0 Å². The highest BCUT2D eigenvalue weighted by atomic mass is 35.5. The van der Waals surface area contributed by atoms with E-state index in [1.807, 2.05) is 13.8 Å². The highest BCUT2D eigenvalue weighted by molar-refractivity contribution is 6.17. The highest BCUT2D eigenvalue weighted by Gasteiger charge is 2.18. The molecule has 6 heteroatoms. The first-order valence-electron chi connectivity index (χ1n) is 6.38.